The van der Waals surface area contributed by atoms with Gasteiger partial charge < -0.3 is 15.2 Å². The molecule has 0 aliphatic rings. The third-order valence-corrected chi connectivity index (χ3v) is 4.40. The molecule has 21 heavy (non-hydrogen) atoms. The Labute approximate surface area is 126 Å². The number of nitrogens with one attached hydrogen (secondary N) is 2. The van der Waals surface area contributed by atoms with Gasteiger partial charge in [-0.2, -0.15) is 0 Å². The zero-order chi connectivity index (χ0) is 15.7. The number of sulfonamides is 1. The number of aliphatic hydroxyl groups excluding tert-OH is 1. The molecule has 0 radical (unpaired) electrons. The van der Waals surface area contributed by atoms with Gasteiger partial charge in [0, 0.05) is 25.9 Å². The fourth-order valence-electron chi connectivity index (χ4n) is 1.84. The molecule has 0 aliphatic carbocycles. The molecule has 0 saturated carbocycles. The fraction of sp³-hybridized carbons (Fsp3) is 0.571. The Hall–Kier alpha value is -1.15. The SMILES string of the molecule is CCCNS(=O)(=O)c1ccc(NC(CCO)COC)cc1. The van der Waals surface area contributed by atoms with Gasteiger partial charge >= 0.3 is 0 Å². The maximum atomic E-state index is 11.9. The Kier molecular flexibility index (Phi) is 7.66. The van der Waals surface area contributed by atoms with Gasteiger partial charge in [0.1, 0.15) is 0 Å². The van der Waals surface area contributed by atoms with Crippen molar-refractivity contribution in [2.24, 2.45) is 0 Å². The molecule has 0 amide bonds. The number of methoxy groups -OCH3 is 1. The third-order valence-electron chi connectivity index (χ3n) is 2.92. The number of hydrogen-bond acceptors (Lipinski definition) is 5. The van der Waals surface area contributed by atoms with E-state index in [4.69, 9.17) is 9.84 Å². The molecule has 1 rings (SSSR count). The minimum absolute atomic E-state index is 0.0133. The molecule has 6 nitrogen and oxygen atoms in total. The van der Waals surface area contributed by atoms with Gasteiger partial charge in [0.2, 0.25) is 10.0 Å². The van der Waals surface area contributed by atoms with Crippen LogP contribution < -0.4 is 10.0 Å². The molecule has 120 valence electrons. The Balaban J connectivity index is 2.73. The van der Waals surface area contributed by atoms with E-state index >= 15 is 0 Å². The van der Waals surface area contributed by atoms with Gasteiger partial charge in [0.25, 0.3) is 0 Å². The van der Waals surface area contributed by atoms with E-state index in [9.17, 15) is 8.42 Å². The van der Waals surface area contributed by atoms with Crippen LogP contribution in [0, 0.1) is 0 Å². The molecule has 0 spiro atoms. The van der Waals surface area contributed by atoms with E-state index in [0.29, 0.717) is 19.6 Å². The van der Waals surface area contributed by atoms with Crippen molar-refractivity contribution in [3.8, 4) is 0 Å². The Morgan fingerprint density at radius 3 is 2.48 bits per heavy atom. The van der Waals surface area contributed by atoms with E-state index in [2.05, 4.69) is 10.0 Å². The van der Waals surface area contributed by atoms with Crippen LogP contribution in [0.3, 0.4) is 0 Å². The quantitative estimate of drug-likeness (QED) is 0.603. The first-order valence-corrected chi connectivity index (χ1v) is 8.48. The highest BCUT2D eigenvalue weighted by Gasteiger charge is 2.13. The highest BCUT2D eigenvalue weighted by molar-refractivity contribution is 7.89. The molecule has 0 saturated heterocycles. The molecule has 3 N–H and O–H groups in total. The van der Waals surface area contributed by atoms with E-state index in [-0.39, 0.29) is 17.5 Å². The molecule has 1 aromatic rings. The summed E-state index contributed by atoms with van der Waals surface area (Å²) in [4.78, 5) is 0.243. The number of rotatable bonds is 10. The van der Waals surface area contributed by atoms with Crippen LogP contribution in [0.25, 0.3) is 0 Å². The first-order chi connectivity index (χ1) is 10.0. The number of benzene rings is 1. The highest BCUT2D eigenvalue weighted by atomic mass is 32.2. The normalized spacial score (nSPS) is 13.1. The molecule has 0 aromatic heterocycles. The lowest BCUT2D eigenvalue weighted by atomic mass is 10.2. The van der Waals surface area contributed by atoms with Crippen LogP contribution in [0.5, 0.6) is 0 Å². The van der Waals surface area contributed by atoms with Crippen LogP contribution in [0.2, 0.25) is 0 Å². The van der Waals surface area contributed by atoms with Crippen LogP contribution in [0.4, 0.5) is 5.69 Å². The molecule has 0 aliphatic heterocycles. The van der Waals surface area contributed by atoms with Gasteiger partial charge in [0.05, 0.1) is 17.5 Å². The number of ether oxygens (including phenoxy) is 1. The van der Waals surface area contributed by atoms with Crippen molar-refractivity contribution >= 4 is 15.7 Å². The molecule has 0 heterocycles. The standard InChI is InChI=1S/C14H24N2O4S/c1-3-9-15-21(18,19)14-6-4-12(5-7-14)16-13(8-10-17)11-20-2/h4-7,13,15-17H,3,8-11H2,1-2H3. The Bertz CT molecular complexity index is 496. The van der Waals surface area contributed by atoms with Gasteiger partial charge in [-0.25, -0.2) is 13.1 Å². The number of anilines is 1. The fourth-order valence-corrected chi connectivity index (χ4v) is 2.97. The van der Waals surface area contributed by atoms with Crippen LogP contribution in [0.1, 0.15) is 19.8 Å². The zero-order valence-electron chi connectivity index (χ0n) is 12.5. The molecule has 1 aromatic carbocycles. The summed E-state index contributed by atoms with van der Waals surface area (Å²) in [6.45, 7) is 2.87. The van der Waals surface area contributed by atoms with Crippen LogP contribution in [0.15, 0.2) is 29.2 Å². The van der Waals surface area contributed by atoms with Gasteiger partial charge in [0.15, 0.2) is 0 Å². The predicted octanol–water partition coefficient (Wildman–Crippen LogP) is 1.18. The largest absolute Gasteiger partial charge is 0.396 e. The zero-order valence-corrected chi connectivity index (χ0v) is 13.3. The minimum Gasteiger partial charge on any atom is -0.396 e. The van der Waals surface area contributed by atoms with Crippen molar-refractivity contribution in [2.75, 3.05) is 32.2 Å². The highest BCUT2D eigenvalue weighted by Crippen LogP contribution is 2.15. The maximum Gasteiger partial charge on any atom is 0.240 e. The predicted molar refractivity (Wildman–Crippen MR) is 82.9 cm³/mol. The summed E-state index contributed by atoms with van der Waals surface area (Å²) >= 11 is 0. The lowest BCUT2D eigenvalue weighted by Crippen LogP contribution is -2.26. The number of aliphatic hydroxyl groups is 1. The average molecular weight is 316 g/mol. The van der Waals surface area contributed by atoms with Gasteiger partial charge in [-0.05, 0) is 37.1 Å². The molecule has 1 atom stereocenters. The van der Waals surface area contributed by atoms with Crippen LogP contribution in [-0.4, -0.2) is 46.4 Å². The van der Waals surface area contributed by atoms with Crippen molar-refractivity contribution in [1.29, 1.82) is 0 Å². The summed E-state index contributed by atoms with van der Waals surface area (Å²) in [5, 5.41) is 12.2. The molecule has 7 heteroatoms. The second-order valence-corrected chi connectivity index (χ2v) is 6.50. The maximum absolute atomic E-state index is 11.9. The van der Waals surface area contributed by atoms with Crippen molar-refractivity contribution in [1.82, 2.24) is 4.72 Å². The summed E-state index contributed by atoms with van der Waals surface area (Å²) < 4.78 is 31.5. The van der Waals surface area contributed by atoms with E-state index in [0.717, 1.165) is 12.1 Å². The first-order valence-electron chi connectivity index (χ1n) is 6.99. The molecule has 0 fully saturated rings. The molecular weight excluding hydrogens is 292 g/mol. The van der Waals surface area contributed by atoms with Gasteiger partial charge in [-0.1, -0.05) is 6.92 Å². The third kappa shape index (κ3) is 6.01. The molecule has 0 bridgehead atoms. The second kappa shape index (κ2) is 8.99. The monoisotopic (exact) mass is 316 g/mol. The average Bonchev–Trinajstić information content (AvgIpc) is 2.46. The van der Waals surface area contributed by atoms with E-state index in [1.807, 2.05) is 6.92 Å². The van der Waals surface area contributed by atoms with Crippen LogP contribution in [-0.2, 0) is 14.8 Å². The van der Waals surface area contributed by atoms with E-state index in [1.165, 1.54) is 0 Å². The molecular formula is C14H24N2O4S. The Morgan fingerprint density at radius 1 is 1.29 bits per heavy atom. The summed E-state index contributed by atoms with van der Waals surface area (Å²) in [7, 11) is -1.83. The van der Waals surface area contributed by atoms with Crippen LogP contribution >= 0.6 is 0 Å². The second-order valence-electron chi connectivity index (χ2n) is 4.73. The summed E-state index contributed by atoms with van der Waals surface area (Å²) in [6.07, 6.45) is 1.31. The van der Waals surface area contributed by atoms with Gasteiger partial charge in [-0.15, -0.1) is 0 Å². The van der Waals surface area contributed by atoms with E-state index < -0.39 is 10.0 Å². The van der Waals surface area contributed by atoms with Crippen molar-refractivity contribution in [2.45, 2.75) is 30.7 Å². The summed E-state index contributed by atoms with van der Waals surface area (Å²) in [6, 6.07) is 6.52. The molecule has 1 unspecified atom stereocenters. The van der Waals surface area contributed by atoms with Crippen molar-refractivity contribution < 1.29 is 18.3 Å². The lowest BCUT2D eigenvalue weighted by Gasteiger charge is -2.18. The van der Waals surface area contributed by atoms with Crippen molar-refractivity contribution in [3.05, 3.63) is 24.3 Å². The minimum atomic E-state index is -3.43. The van der Waals surface area contributed by atoms with E-state index in [1.54, 1.807) is 31.4 Å². The number of hydrogen-bond donors (Lipinski definition) is 3. The lowest BCUT2D eigenvalue weighted by molar-refractivity contribution is 0.170. The van der Waals surface area contributed by atoms with Gasteiger partial charge in [-0.3, -0.25) is 0 Å². The first kappa shape index (κ1) is 17.9. The van der Waals surface area contributed by atoms with Crippen molar-refractivity contribution in [3.63, 3.8) is 0 Å². The smallest absolute Gasteiger partial charge is 0.240 e. The summed E-state index contributed by atoms with van der Waals surface area (Å²) in [5.41, 5.74) is 0.792. The summed E-state index contributed by atoms with van der Waals surface area (Å²) in [5.74, 6) is 0. The topological polar surface area (TPSA) is 87.7 Å². The Morgan fingerprint density at radius 2 is 1.95 bits per heavy atom.